The Labute approximate surface area is 129 Å². The molecule has 2 N–H and O–H groups in total. The standard InChI is InChI=1S/C15H12N6S/c1-9-11(8-10-5-6-13(16)22-10)15-18-14(20-21(15)19-9)12-4-2-3-7-17-12/h2-8H,16H2,1H3/b11-8-. The number of nitrogen functional groups attached to an aromatic ring is 1. The van der Waals surface area contributed by atoms with E-state index in [4.69, 9.17) is 5.73 Å². The van der Waals surface area contributed by atoms with Gasteiger partial charge in [-0.15, -0.1) is 21.1 Å². The third-order valence-corrected chi connectivity index (χ3v) is 4.16. The van der Waals surface area contributed by atoms with Gasteiger partial charge in [-0.3, -0.25) is 4.98 Å². The van der Waals surface area contributed by atoms with Crippen molar-refractivity contribution in [3.05, 3.63) is 52.3 Å². The van der Waals surface area contributed by atoms with Crippen LogP contribution in [0.25, 0.3) is 23.2 Å². The molecule has 0 atom stereocenters. The molecule has 0 aromatic carbocycles. The fourth-order valence-electron chi connectivity index (χ4n) is 2.26. The number of fused-ring (bicyclic) bond motifs is 1. The van der Waals surface area contributed by atoms with E-state index in [0.717, 1.165) is 32.1 Å². The van der Waals surface area contributed by atoms with Gasteiger partial charge >= 0.3 is 0 Å². The van der Waals surface area contributed by atoms with Gasteiger partial charge < -0.3 is 5.73 Å². The molecule has 22 heavy (non-hydrogen) atoms. The molecule has 108 valence electrons. The molecule has 4 aromatic heterocycles. The Morgan fingerprint density at radius 3 is 2.82 bits per heavy atom. The van der Waals surface area contributed by atoms with Crippen LogP contribution in [-0.2, 0) is 0 Å². The van der Waals surface area contributed by atoms with E-state index < -0.39 is 0 Å². The average Bonchev–Trinajstić information content (AvgIpc) is 3.18. The van der Waals surface area contributed by atoms with Gasteiger partial charge in [0, 0.05) is 16.3 Å². The van der Waals surface area contributed by atoms with Crippen LogP contribution in [0.3, 0.4) is 0 Å². The van der Waals surface area contributed by atoms with Crippen molar-refractivity contribution in [3.63, 3.8) is 0 Å². The fourth-order valence-corrected chi connectivity index (χ4v) is 2.98. The second kappa shape index (κ2) is 4.88. The van der Waals surface area contributed by atoms with Crippen molar-refractivity contribution in [2.45, 2.75) is 6.92 Å². The third kappa shape index (κ3) is 2.11. The molecule has 0 saturated heterocycles. The SMILES string of the molecule is Cc1nn2nc(-c3ccccn3)nc2/c1=C\c1ccc(N)s1. The minimum Gasteiger partial charge on any atom is -0.391 e. The van der Waals surface area contributed by atoms with E-state index in [1.54, 1.807) is 10.8 Å². The molecular formula is C15H12N6S. The molecule has 4 heterocycles. The molecule has 0 fully saturated rings. The van der Waals surface area contributed by atoms with E-state index in [1.807, 2.05) is 43.3 Å². The summed E-state index contributed by atoms with van der Waals surface area (Å²) in [5.74, 6) is 0.573. The van der Waals surface area contributed by atoms with Crippen LogP contribution in [0.2, 0.25) is 0 Å². The number of pyridine rings is 1. The van der Waals surface area contributed by atoms with E-state index >= 15 is 0 Å². The zero-order valence-electron chi connectivity index (χ0n) is 11.8. The number of aromatic nitrogens is 5. The Balaban J connectivity index is 1.90. The van der Waals surface area contributed by atoms with Crippen LogP contribution in [0.1, 0.15) is 10.6 Å². The number of nitrogens with two attached hydrogens (primary N) is 1. The van der Waals surface area contributed by atoms with Crippen molar-refractivity contribution in [2.24, 2.45) is 0 Å². The van der Waals surface area contributed by atoms with Crippen molar-refractivity contribution < 1.29 is 0 Å². The first-order valence-electron chi connectivity index (χ1n) is 6.72. The molecule has 0 saturated carbocycles. The number of hydrogen-bond acceptors (Lipinski definition) is 6. The van der Waals surface area contributed by atoms with E-state index in [9.17, 15) is 0 Å². The monoisotopic (exact) mass is 308 g/mol. The molecule has 0 aliphatic rings. The lowest BCUT2D eigenvalue weighted by Crippen LogP contribution is -2.03. The summed E-state index contributed by atoms with van der Waals surface area (Å²) in [6.45, 7) is 1.94. The molecule has 0 aliphatic heterocycles. The molecular weight excluding hydrogens is 296 g/mol. The highest BCUT2D eigenvalue weighted by atomic mass is 32.1. The number of rotatable bonds is 2. The third-order valence-electron chi connectivity index (χ3n) is 3.29. The number of aryl methyl sites for hydroxylation is 1. The quantitative estimate of drug-likeness (QED) is 0.609. The van der Waals surface area contributed by atoms with Gasteiger partial charge in [-0.05, 0) is 37.3 Å². The van der Waals surface area contributed by atoms with E-state index in [2.05, 4.69) is 20.2 Å². The lowest BCUT2D eigenvalue weighted by molar-refractivity contribution is 0.809. The number of thiophene rings is 1. The van der Waals surface area contributed by atoms with Gasteiger partial charge in [0.15, 0.2) is 5.65 Å². The molecule has 0 spiro atoms. The summed E-state index contributed by atoms with van der Waals surface area (Å²) in [4.78, 5) is 9.92. The predicted molar refractivity (Wildman–Crippen MR) is 86.3 cm³/mol. The van der Waals surface area contributed by atoms with Crippen molar-refractivity contribution in [1.29, 1.82) is 0 Å². The van der Waals surface area contributed by atoms with Crippen LogP contribution in [-0.4, -0.2) is 24.8 Å². The minimum atomic E-state index is 0.573. The first-order chi connectivity index (χ1) is 10.7. The maximum absolute atomic E-state index is 5.78. The van der Waals surface area contributed by atoms with Crippen LogP contribution >= 0.6 is 11.3 Å². The summed E-state index contributed by atoms with van der Waals surface area (Å²) in [5, 5.41) is 10.6. The van der Waals surface area contributed by atoms with Crippen LogP contribution in [0, 0.1) is 6.92 Å². The van der Waals surface area contributed by atoms with Crippen molar-refractivity contribution in [3.8, 4) is 11.5 Å². The molecule has 4 aromatic rings. The number of hydrogen-bond donors (Lipinski definition) is 1. The molecule has 0 unspecified atom stereocenters. The molecule has 0 radical (unpaired) electrons. The Morgan fingerprint density at radius 2 is 2.09 bits per heavy atom. The summed E-state index contributed by atoms with van der Waals surface area (Å²) in [7, 11) is 0. The predicted octanol–water partition coefficient (Wildman–Crippen LogP) is 1.69. The smallest absolute Gasteiger partial charge is 0.202 e. The molecule has 0 aliphatic carbocycles. The second-order valence-corrected chi connectivity index (χ2v) is 5.99. The highest BCUT2D eigenvalue weighted by Gasteiger charge is 2.12. The van der Waals surface area contributed by atoms with Gasteiger partial charge in [0.25, 0.3) is 0 Å². The van der Waals surface area contributed by atoms with E-state index in [1.165, 1.54) is 11.3 Å². The minimum absolute atomic E-state index is 0.573. The molecule has 0 bridgehead atoms. The van der Waals surface area contributed by atoms with Gasteiger partial charge in [-0.25, -0.2) is 4.98 Å². The van der Waals surface area contributed by atoms with Crippen molar-refractivity contribution >= 4 is 28.1 Å². The normalized spacial score (nSPS) is 12.3. The first-order valence-corrected chi connectivity index (χ1v) is 7.54. The Hall–Kier alpha value is -2.80. The lowest BCUT2D eigenvalue weighted by Gasteiger charge is -1.90. The summed E-state index contributed by atoms with van der Waals surface area (Å²) in [6.07, 6.45) is 3.76. The van der Waals surface area contributed by atoms with Crippen LogP contribution in [0.4, 0.5) is 5.00 Å². The zero-order valence-corrected chi connectivity index (χ0v) is 12.6. The van der Waals surface area contributed by atoms with Crippen LogP contribution in [0.5, 0.6) is 0 Å². The maximum Gasteiger partial charge on any atom is 0.202 e. The topological polar surface area (TPSA) is 82.0 Å². The van der Waals surface area contributed by atoms with Gasteiger partial charge in [0.05, 0.1) is 10.7 Å². The second-order valence-electron chi connectivity index (χ2n) is 4.85. The van der Waals surface area contributed by atoms with Gasteiger partial charge in [-0.2, -0.15) is 5.10 Å². The van der Waals surface area contributed by atoms with Crippen molar-refractivity contribution in [2.75, 3.05) is 5.73 Å². The number of anilines is 1. The highest BCUT2D eigenvalue weighted by molar-refractivity contribution is 7.16. The molecule has 0 amide bonds. The number of nitrogens with zero attached hydrogens (tertiary/aromatic N) is 5. The zero-order chi connectivity index (χ0) is 15.1. The molecule has 4 rings (SSSR count). The summed E-state index contributed by atoms with van der Waals surface area (Å²) < 4.78 is 1.56. The van der Waals surface area contributed by atoms with Gasteiger partial charge in [0.1, 0.15) is 5.69 Å². The maximum atomic E-state index is 5.78. The summed E-state index contributed by atoms with van der Waals surface area (Å²) in [6, 6.07) is 9.53. The van der Waals surface area contributed by atoms with Crippen molar-refractivity contribution in [1.82, 2.24) is 24.8 Å². The fraction of sp³-hybridized carbons (Fsp3) is 0.0667. The summed E-state index contributed by atoms with van der Waals surface area (Å²) >= 11 is 1.53. The summed E-state index contributed by atoms with van der Waals surface area (Å²) in [5.41, 5.74) is 8.12. The lowest BCUT2D eigenvalue weighted by atomic mass is 10.3. The highest BCUT2D eigenvalue weighted by Crippen LogP contribution is 2.19. The van der Waals surface area contributed by atoms with Crippen LogP contribution < -0.4 is 11.0 Å². The van der Waals surface area contributed by atoms with Gasteiger partial charge in [0.2, 0.25) is 5.82 Å². The Kier molecular flexibility index (Phi) is 2.87. The molecule has 7 heteroatoms. The van der Waals surface area contributed by atoms with Crippen LogP contribution in [0.15, 0.2) is 36.5 Å². The first kappa shape index (κ1) is 12.9. The largest absolute Gasteiger partial charge is 0.391 e. The Morgan fingerprint density at radius 1 is 1.18 bits per heavy atom. The Bertz CT molecular complexity index is 1000. The van der Waals surface area contributed by atoms with E-state index in [-0.39, 0.29) is 0 Å². The van der Waals surface area contributed by atoms with Gasteiger partial charge in [-0.1, -0.05) is 6.07 Å². The average molecular weight is 308 g/mol. The molecule has 6 nitrogen and oxygen atoms in total. The van der Waals surface area contributed by atoms with E-state index in [0.29, 0.717) is 5.82 Å².